The maximum atomic E-state index is 12.1. The monoisotopic (exact) mass is 276 g/mol. The SMILES string of the molecule is O=C(CN1CCCCC1=O)NC1CCCc2occc21. The zero-order valence-corrected chi connectivity index (χ0v) is 11.6. The van der Waals surface area contributed by atoms with Crippen LogP contribution in [0.15, 0.2) is 16.7 Å². The smallest absolute Gasteiger partial charge is 0.240 e. The molecule has 0 saturated carbocycles. The van der Waals surface area contributed by atoms with Crippen LogP contribution >= 0.6 is 0 Å². The Morgan fingerprint density at radius 3 is 3.10 bits per heavy atom. The van der Waals surface area contributed by atoms with Crippen LogP contribution in [0.2, 0.25) is 0 Å². The molecule has 0 radical (unpaired) electrons. The molecule has 1 saturated heterocycles. The van der Waals surface area contributed by atoms with Crippen molar-refractivity contribution in [2.45, 2.75) is 44.6 Å². The van der Waals surface area contributed by atoms with Crippen LogP contribution in [0.4, 0.5) is 0 Å². The van der Waals surface area contributed by atoms with Crippen molar-refractivity contribution in [2.24, 2.45) is 0 Å². The van der Waals surface area contributed by atoms with Crippen molar-refractivity contribution in [3.63, 3.8) is 0 Å². The van der Waals surface area contributed by atoms with Crippen LogP contribution in [0.5, 0.6) is 0 Å². The van der Waals surface area contributed by atoms with Gasteiger partial charge >= 0.3 is 0 Å². The lowest BCUT2D eigenvalue weighted by Gasteiger charge is -2.28. The van der Waals surface area contributed by atoms with E-state index in [9.17, 15) is 9.59 Å². The molecule has 1 aliphatic heterocycles. The third-order valence-electron chi connectivity index (χ3n) is 4.14. The van der Waals surface area contributed by atoms with Gasteiger partial charge in [0.2, 0.25) is 11.8 Å². The second-order valence-electron chi connectivity index (χ2n) is 5.58. The topological polar surface area (TPSA) is 62.6 Å². The average molecular weight is 276 g/mol. The summed E-state index contributed by atoms with van der Waals surface area (Å²) in [5.74, 6) is 1.01. The zero-order valence-electron chi connectivity index (χ0n) is 11.6. The molecule has 3 rings (SSSR count). The highest BCUT2D eigenvalue weighted by Gasteiger charge is 2.26. The minimum Gasteiger partial charge on any atom is -0.469 e. The average Bonchev–Trinajstić information content (AvgIpc) is 2.91. The molecule has 5 nitrogen and oxygen atoms in total. The van der Waals surface area contributed by atoms with Crippen molar-refractivity contribution in [2.75, 3.05) is 13.1 Å². The minimum absolute atomic E-state index is 0.0323. The van der Waals surface area contributed by atoms with Gasteiger partial charge < -0.3 is 14.6 Å². The standard InChI is InChI=1S/C15H20N2O3/c18-14(10-17-8-2-1-6-15(17)19)16-12-4-3-5-13-11(12)7-9-20-13/h7,9,12H,1-6,8,10H2,(H,16,18). The Balaban J connectivity index is 1.59. The molecule has 1 N–H and O–H groups in total. The van der Waals surface area contributed by atoms with Crippen LogP contribution in [0.1, 0.15) is 49.5 Å². The minimum atomic E-state index is -0.0701. The summed E-state index contributed by atoms with van der Waals surface area (Å²) >= 11 is 0. The molecular formula is C15H20N2O3. The predicted octanol–water partition coefficient (Wildman–Crippen LogP) is 1.79. The Morgan fingerprint density at radius 2 is 2.25 bits per heavy atom. The van der Waals surface area contributed by atoms with Gasteiger partial charge in [0.1, 0.15) is 5.76 Å². The van der Waals surface area contributed by atoms with Crippen LogP contribution in [0, 0.1) is 0 Å². The molecule has 2 amide bonds. The lowest BCUT2D eigenvalue weighted by Crippen LogP contribution is -2.44. The Bertz CT molecular complexity index is 509. The van der Waals surface area contributed by atoms with Crippen LogP contribution in [0.3, 0.4) is 0 Å². The quantitative estimate of drug-likeness (QED) is 0.915. The second-order valence-corrected chi connectivity index (χ2v) is 5.58. The van der Waals surface area contributed by atoms with Gasteiger partial charge in [-0.05, 0) is 31.7 Å². The van der Waals surface area contributed by atoms with Gasteiger partial charge in [-0.1, -0.05) is 0 Å². The van der Waals surface area contributed by atoms with E-state index in [1.54, 1.807) is 11.2 Å². The lowest BCUT2D eigenvalue weighted by molar-refractivity contribution is -0.138. The molecule has 1 fully saturated rings. The number of piperidine rings is 1. The van der Waals surface area contributed by atoms with E-state index in [4.69, 9.17) is 4.42 Å². The summed E-state index contributed by atoms with van der Waals surface area (Å²) < 4.78 is 5.42. The van der Waals surface area contributed by atoms with Gasteiger partial charge in [0.05, 0.1) is 18.8 Å². The fourth-order valence-corrected chi connectivity index (χ4v) is 3.08. The molecule has 20 heavy (non-hydrogen) atoms. The maximum absolute atomic E-state index is 12.1. The molecule has 1 aromatic rings. The van der Waals surface area contributed by atoms with E-state index >= 15 is 0 Å². The highest BCUT2D eigenvalue weighted by Crippen LogP contribution is 2.30. The number of hydrogen-bond acceptors (Lipinski definition) is 3. The van der Waals surface area contributed by atoms with Crippen molar-refractivity contribution in [3.8, 4) is 0 Å². The molecule has 0 bridgehead atoms. The first-order chi connectivity index (χ1) is 9.74. The van der Waals surface area contributed by atoms with E-state index in [0.717, 1.165) is 43.4 Å². The number of nitrogens with one attached hydrogen (secondary N) is 1. The van der Waals surface area contributed by atoms with Crippen molar-refractivity contribution >= 4 is 11.8 Å². The summed E-state index contributed by atoms with van der Waals surface area (Å²) in [5.41, 5.74) is 1.09. The van der Waals surface area contributed by atoms with E-state index in [1.165, 1.54) is 0 Å². The van der Waals surface area contributed by atoms with Crippen molar-refractivity contribution < 1.29 is 14.0 Å². The molecule has 2 heterocycles. The molecule has 0 aromatic carbocycles. The number of amides is 2. The molecule has 1 atom stereocenters. The number of nitrogens with zero attached hydrogens (tertiary/aromatic N) is 1. The number of fused-ring (bicyclic) bond motifs is 1. The highest BCUT2D eigenvalue weighted by molar-refractivity contribution is 5.85. The van der Waals surface area contributed by atoms with E-state index in [1.807, 2.05) is 6.07 Å². The largest absolute Gasteiger partial charge is 0.469 e. The molecule has 1 unspecified atom stereocenters. The Kier molecular flexibility index (Phi) is 3.76. The second kappa shape index (κ2) is 5.69. The number of carbonyl (C=O) groups is 2. The van der Waals surface area contributed by atoms with Gasteiger partial charge in [0.25, 0.3) is 0 Å². The van der Waals surface area contributed by atoms with Gasteiger partial charge in [-0.25, -0.2) is 0 Å². The summed E-state index contributed by atoms with van der Waals surface area (Å²) in [6, 6.07) is 1.97. The fraction of sp³-hybridized carbons (Fsp3) is 0.600. The molecule has 5 heteroatoms. The van der Waals surface area contributed by atoms with Gasteiger partial charge in [-0.15, -0.1) is 0 Å². The van der Waals surface area contributed by atoms with Crippen LogP contribution in [-0.2, 0) is 16.0 Å². The first-order valence-electron chi connectivity index (χ1n) is 7.37. The molecule has 108 valence electrons. The Labute approximate surface area is 118 Å². The van der Waals surface area contributed by atoms with E-state index < -0.39 is 0 Å². The first-order valence-corrected chi connectivity index (χ1v) is 7.37. The van der Waals surface area contributed by atoms with Gasteiger partial charge in [-0.2, -0.15) is 0 Å². The number of hydrogen-bond donors (Lipinski definition) is 1. The van der Waals surface area contributed by atoms with E-state index in [-0.39, 0.29) is 24.4 Å². The normalized spacial score (nSPS) is 22.5. The number of carbonyl (C=O) groups excluding carboxylic acids is 2. The predicted molar refractivity (Wildman–Crippen MR) is 73.0 cm³/mol. The van der Waals surface area contributed by atoms with Crippen LogP contribution < -0.4 is 5.32 Å². The highest BCUT2D eigenvalue weighted by atomic mass is 16.3. The fourth-order valence-electron chi connectivity index (χ4n) is 3.08. The van der Waals surface area contributed by atoms with E-state index in [2.05, 4.69) is 5.32 Å². The van der Waals surface area contributed by atoms with Crippen LogP contribution in [-0.4, -0.2) is 29.8 Å². The number of likely N-dealkylation sites (tertiary alicyclic amines) is 1. The number of furan rings is 1. The van der Waals surface area contributed by atoms with Crippen molar-refractivity contribution in [3.05, 3.63) is 23.7 Å². The number of aryl methyl sites for hydroxylation is 1. The third-order valence-corrected chi connectivity index (χ3v) is 4.14. The first kappa shape index (κ1) is 13.2. The molecule has 1 aromatic heterocycles. The maximum Gasteiger partial charge on any atom is 0.240 e. The van der Waals surface area contributed by atoms with Gasteiger partial charge in [0.15, 0.2) is 0 Å². The molecule has 2 aliphatic rings. The van der Waals surface area contributed by atoms with Gasteiger partial charge in [-0.3, -0.25) is 9.59 Å². The summed E-state index contributed by atoms with van der Waals surface area (Å²) in [4.78, 5) is 25.5. The summed E-state index contributed by atoms with van der Waals surface area (Å²) in [6.07, 6.45) is 7.10. The summed E-state index contributed by atoms with van der Waals surface area (Å²) in [6.45, 7) is 0.885. The van der Waals surface area contributed by atoms with E-state index in [0.29, 0.717) is 13.0 Å². The van der Waals surface area contributed by atoms with Gasteiger partial charge in [0, 0.05) is 24.9 Å². The van der Waals surface area contributed by atoms with Crippen molar-refractivity contribution in [1.82, 2.24) is 10.2 Å². The van der Waals surface area contributed by atoms with Crippen LogP contribution in [0.25, 0.3) is 0 Å². The molecule has 0 spiro atoms. The molecular weight excluding hydrogens is 256 g/mol. The third kappa shape index (κ3) is 2.71. The Morgan fingerprint density at radius 1 is 1.35 bits per heavy atom. The zero-order chi connectivity index (χ0) is 13.9. The summed E-state index contributed by atoms with van der Waals surface area (Å²) in [7, 11) is 0. The molecule has 1 aliphatic carbocycles. The number of rotatable bonds is 3. The summed E-state index contributed by atoms with van der Waals surface area (Å²) in [5, 5.41) is 3.04. The Hall–Kier alpha value is -1.78. The van der Waals surface area contributed by atoms with Crippen molar-refractivity contribution in [1.29, 1.82) is 0 Å². The lowest BCUT2D eigenvalue weighted by atomic mass is 9.93.